The van der Waals surface area contributed by atoms with Crippen LogP contribution in [0.4, 0.5) is 16.2 Å². The van der Waals surface area contributed by atoms with Gasteiger partial charge in [0.15, 0.2) is 24.7 Å². The maximum absolute atomic E-state index is 14.8. The summed E-state index contributed by atoms with van der Waals surface area (Å²) in [7, 11) is -17.7. The highest BCUT2D eigenvalue weighted by atomic mass is 32.2. The first-order chi connectivity index (χ1) is 32.9. The van der Waals surface area contributed by atoms with Gasteiger partial charge < -0.3 is 27.2 Å². The summed E-state index contributed by atoms with van der Waals surface area (Å²) in [5.41, 5.74) is -3.18. The summed E-state index contributed by atoms with van der Waals surface area (Å²) < 4.78 is 117. The van der Waals surface area contributed by atoms with Crippen LogP contribution < -0.4 is 13.3 Å². The van der Waals surface area contributed by atoms with Gasteiger partial charge in [0.05, 0.1) is 22.8 Å². The summed E-state index contributed by atoms with van der Waals surface area (Å²) in [5.74, 6) is -2.98. The Bertz CT molecular complexity index is 3120. The van der Waals surface area contributed by atoms with Crippen molar-refractivity contribution in [3.63, 3.8) is 0 Å². The Balaban J connectivity index is 1.51. The van der Waals surface area contributed by atoms with Crippen molar-refractivity contribution in [2.45, 2.75) is 125 Å². The summed E-state index contributed by atoms with van der Waals surface area (Å²) in [4.78, 5) is 52.6. The number of fused-ring (bicyclic) bond motifs is 2. The first-order valence-electron chi connectivity index (χ1n) is 22.8. The van der Waals surface area contributed by atoms with Crippen LogP contribution in [0.5, 0.6) is 11.5 Å². The molecule has 0 N–H and O–H groups in total. The Kier molecular flexibility index (Phi) is 14.1. The Labute approximate surface area is 415 Å². The van der Waals surface area contributed by atoms with E-state index in [4.69, 9.17) is 22.3 Å². The molecule has 71 heavy (non-hydrogen) atoms. The number of amides is 2. The molecule has 0 radical (unpaired) electrons. The molecular weight excluding hydrogens is 999 g/mol. The number of rotatable bonds is 17. The van der Waals surface area contributed by atoms with E-state index in [1.165, 1.54) is 93.3 Å². The molecule has 4 atom stereocenters. The van der Waals surface area contributed by atoms with Crippen molar-refractivity contribution in [3.05, 3.63) is 112 Å². The van der Waals surface area contributed by atoms with Crippen molar-refractivity contribution in [3.8, 4) is 11.5 Å². The molecule has 19 nitrogen and oxygen atoms in total. The second-order valence-corrected chi connectivity index (χ2v) is 29.5. The van der Waals surface area contributed by atoms with E-state index in [0.29, 0.717) is 17.1 Å². The van der Waals surface area contributed by atoms with Gasteiger partial charge in [0.25, 0.3) is 15.7 Å². The molecule has 0 aromatic heterocycles. The van der Waals surface area contributed by atoms with Crippen molar-refractivity contribution in [2.24, 2.45) is 11.3 Å². The number of nitrogens with zero attached hydrogens (tertiary/aromatic N) is 3. The average Bonchev–Trinajstić information content (AvgIpc) is 3.75. The van der Waals surface area contributed by atoms with Gasteiger partial charge >= 0.3 is 32.3 Å². The fourth-order valence-electron chi connectivity index (χ4n) is 9.94. The van der Waals surface area contributed by atoms with E-state index >= 15 is 0 Å². The lowest BCUT2D eigenvalue weighted by atomic mass is 9.68. The molecule has 23 heteroatoms. The third-order valence-electron chi connectivity index (χ3n) is 12.7. The van der Waals surface area contributed by atoms with Crippen LogP contribution in [0.2, 0.25) is 19.6 Å². The van der Waals surface area contributed by atoms with E-state index in [-0.39, 0.29) is 40.5 Å². The number of hydrogen-bond acceptors (Lipinski definition) is 16. The lowest BCUT2D eigenvalue weighted by Gasteiger charge is -2.53. The van der Waals surface area contributed by atoms with E-state index < -0.39 is 125 Å². The van der Waals surface area contributed by atoms with Crippen LogP contribution in [-0.4, -0.2) is 85.6 Å². The molecule has 2 aliphatic heterocycles. The third-order valence-corrected chi connectivity index (χ3v) is 18.0. The van der Waals surface area contributed by atoms with Crippen LogP contribution in [0.15, 0.2) is 99.6 Å². The number of benzene rings is 4. The molecule has 1 saturated heterocycles. The molecule has 1 aliphatic carbocycles. The zero-order valence-corrected chi connectivity index (χ0v) is 44.2. The molecule has 7 rings (SSSR count). The number of carbonyl (C=O) groups excluding carboxylic acids is 3. The first kappa shape index (κ1) is 52.9. The Hall–Kier alpha value is -5.88. The molecule has 2 amide bonds. The molecule has 2 heterocycles. The fraction of sp³-hybridized carbons (Fsp3) is 0.438. The van der Waals surface area contributed by atoms with Gasteiger partial charge in [0, 0.05) is 55.0 Å². The van der Waals surface area contributed by atoms with Gasteiger partial charge in [-0.2, -0.15) is 16.8 Å². The van der Waals surface area contributed by atoms with Gasteiger partial charge in [0.1, 0.15) is 15.4 Å². The normalized spacial score (nSPS) is 21.0. The average molecular weight is 1060 g/mol. The molecule has 3 aliphatic rings. The lowest BCUT2D eigenvalue weighted by Crippen LogP contribution is -2.59. The van der Waals surface area contributed by atoms with Crippen LogP contribution in [-0.2, 0) is 59.3 Å². The van der Waals surface area contributed by atoms with Gasteiger partial charge in [-0.3, -0.25) is 19.7 Å². The first-order valence-corrected chi connectivity index (χ1v) is 30.4. The summed E-state index contributed by atoms with van der Waals surface area (Å²) in [6.07, 6.45) is -0.986. The fourth-order valence-corrected chi connectivity index (χ4v) is 14.7. The molecular formula is C48H57N3O16S3Si. The topological polar surface area (TPSA) is 249 Å². The van der Waals surface area contributed by atoms with Gasteiger partial charge in [0.2, 0.25) is 5.91 Å². The minimum absolute atomic E-state index is 0.0188. The summed E-state index contributed by atoms with van der Waals surface area (Å²) in [6, 6.07) is 17.5. The number of hydrogen-bond donors (Lipinski definition) is 0. The second-order valence-electron chi connectivity index (χ2n) is 20.1. The molecule has 0 unspecified atom stereocenters. The van der Waals surface area contributed by atoms with E-state index in [0.717, 1.165) is 23.3 Å². The van der Waals surface area contributed by atoms with Gasteiger partial charge in [-0.05, 0) is 116 Å². The summed E-state index contributed by atoms with van der Waals surface area (Å²) in [5, 5.41) is 12.3. The minimum Gasteiger partial charge on any atom is -0.466 e. The van der Waals surface area contributed by atoms with Crippen molar-refractivity contribution >= 4 is 67.9 Å². The summed E-state index contributed by atoms with van der Waals surface area (Å²) >= 11 is 0. The lowest BCUT2D eigenvalue weighted by molar-refractivity contribution is -0.387. The van der Waals surface area contributed by atoms with Crippen LogP contribution in [0, 0.1) is 35.3 Å². The highest BCUT2D eigenvalue weighted by Gasteiger charge is 2.68. The van der Waals surface area contributed by atoms with Gasteiger partial charge in [-0.1, -0.05) is 47.5 Å². The van der Waals surface area contributed by atoms with Crippen LogP contribution in [0.1, 0.15) is 76.5 Å². The van der Waals surface area contributed by atoms with Crippen LogP contribution in [0.25, 0.3) is 0 Å². The largest absolute Gasteiger partial charge is 0.466 e. The number of ether oxygens (including phenoxy) is 2. The minimum atomic E-state index is -5.12. The number of sulfonamides is 1. The van der Waals surface area contributed by atoms with E-state index in [2.05, 4.69) is 0 Å². The number of nitro groups is 1. The van der Waals surface area contributed by atoms with Crippen LogP contribution in [0.3, 0.4) is 0 Å². The number of para-hydroxylation sites is 1. The third kappa shape index (κ3) is 10.7. The van der Waals surface area contributed by atoms with E-state index in [1.54, 1.807) is 26.0 Å². The maximum atomic E-state index is 14.8. The van der Waals surface area contributed by atoms with Crippen molar-refractivity contribution in [2.75, 3.05) is 18.1 Å². The Morgan fingerprint density at radius 3 is 1.92 bits per heavy atom. The Morgan fingerprint density at radius 1 is 0.845 bits per heavy atom. The highest BCUT2D eigenvalue weighted by molar-refractivity contribution is 7.89. The predicted molar refractivity (Wildman–Crippen MR) is 261 cm³/mol. The van der Waals surface area contributed by atoms with E-state index in [9.17, 15) is 49.8 Å². The quantitative estimate of drug-likeness (QED) is 0.0317. The summed E-state index contributed by atoms with van der Waals surface area (Å²) in [6.45, 7) is 14.0. The van der Waals surface area contributed by atoms with E-state index in [1.807, 2.05) is 19.6 Å². The molecule has 0 spiro atoms. The monoisotopic (exact) mass is 1060 g/mol. The molecule has 382 valence electrons. The Morgan fingerprint density at radius 2 is 1.39 bits per heavy atom. The predicted octanol–water partition coefficient (Wildman–Crippen LogP) is 8.28. The molecule has 4 aromatic rings. The second kappa shape index (κ2) is 18.9. The molecule has 0 bridgehead atoms. The zero-order chi connectivity index (χ0) is 52.3. The maximum Gasteiger partial charge on any atom is 0.424 e. The number of nitro benzene ring substituents is 1. The molecule has 1 saturated carbocycles. The standard InChI is InChI=1S/C48H57N3O16S3Si/c1-31-14-18-34(19-15-31)69(59,60)65-40-28-37-39(29-41(40)66-70(61,62)35-20-16-32(2)17-21-35)50-43(53)30-47(25-27-63-33(3)52)23-22-36(44(47)50)48(37,67-71(7,8)9)24-26-49(45(54)64-46(4,5)6)68(57,58)42-13-11-10-12-38(42)51(55)56/h10-21,28-29,36,44H,22-27,30H2,1-9H3/t36-,44-,47+,48-/m0/s1. The van der Waals surface area contributed by atoms with Crippen molar-refractivity contribution < 1.29 is 66.8 Å². The van der Waals surface area contributed by atoms with Gasteiger partial charge in [-0.15, -0.1) is 0 Å². The molecule has 4 aromatic carbocycles. The highest BCUT2D eigenvalue weighted by Crippen LogP contribution is 2.66. The van der Waals surface area contributed by atoms with Crippen molar-refractivity contribution in [1.29, 1.82) is 0 Å². The van der Waals surface area contributed by atoms with Crippen LogP contribution >= 0.6 is 0 Å². The number of esters is 1. The number of anilines is 1. The van der Waals surface area contributed by atoms with Gasteiger partial charge in [-0.25, -0.2) is 17.5 Å². The number of carbonyl (C=O) groups is 3. The SMILES string of the molecule is CC(=O)OCC[C@@]12CC[C@H]3[C@@H]1N(C(=O)C2)c1cc(OS(=O)(=O)c2ccc(C)cc2)c(OS(=O)(=O)c2ccc(C)cc2)cc1[C@@]3(CCN(C(=O)OC(C)(C)C)S(=O)(=O)c1ccccc1[N+](=O)[O-])O[Si](C)(C)C. The number of aryl methyl sites for hydroxylation is 2. The smallest absolute Gasteiger partial charge is 0.424 e. The molecule has 2 fully saturated rings. The van der Waals surface area contributed by atoms with Crippen molar-refractivity contribution in [1.82, 2.24) is 4.31 Å². The zero-order valence-electron chi connectivity index (χ0n) is 40.8.